The quantitative estimate of drug-likeness (QED) is 0.201. The van der Waals surface area contributed by atoms with E-state index in [1.54, 1.807) is 0 Å². The zero-order chi connectivity index (χ0) is 25.9. The van der Waals surface area contributed by atoms with Gasteiger partial charge in [0, 0.05) is 26.1 Å². The minimum absolute atomic E-state index is 1.05. The summed E-state index contributed by atoms with van der Waals surface area (Å²) in [6, 6.07) is 40.8. The Morgan fingerprint density at radius 3 is 2.23 bits per heavy atom. The van der Waals surface area contributed by atoms with Crippen molar-refractivity contribution in [3.05, 3.63) is 109 Å². The highest BCUT2D eigenvalue weighted by molar-refractivity contribution is 7.99. The van der Waals surface area contributed by atoms with Crippen molar-refractivity contribution in [3.63, 3.8) is 0 Å². The van der Waals surface area contributed by atoms with E-state index in [1.165, 1.54) is 87.2 Å². The molecule has 0 unspecified atom stereocenters. The maximum absolute atomic E-state index is 2.51. The lowest BCUT2D eigenvalue weighted by atomic mass is 9.91. The van der Waals surface area contributed by atoms with Crippen molar-refractivity contribution in [2.45, 2.75) is 29.6 Å². The molecule has 0 bridgehead atoms. The largest absolute Gasteiger partial charge is 0.340 e. The fourth-order valence-corrected chi connectivity index (χ4v) is 8.31. The van der Waals surface area contributed by atoms with Crippen molar-refractivity contribution in [1.82, 2.24) is 0 Å². The van der Waals surface area contributed by atoms with Crippen LogP contribution in [0.4, 0.5) is 11.4 Å². The lowest BCUT2D eigenvalue weighted by molar-refractivity contribution is 0.777. The number of fused-ring (bicyclic) bond motifs is 2. The Labute approximate surface area is 237 Å². The SMILES string of the molecule is CCCCN1c2ccccc2Sc2cc(-c3ccc(-c4ccc5ccc6cccc7ccc4c5c67)s3)ccc21. The molecule has 6 aromatic carbocycles. The molecule has 2 heterocycles. The molecule has 39 heavy (non-hydrogen) atoms. The van der Waals surface area contributed by atoms with Gasteiger partial charge in [-0.2, -0.15) is 0 Å². The van der Waals surface area contributed by atoms with Crippen LogP contribution in [0, 0.1) is 0 Å². The van der Waals surface area contributed by atoms with Crippen LogP contribution in [0.2, 0.25) is 0 Å². The summed E-state index contributed by atoms with van der Waals surface area (Å²) < 4.78 is 0. The van der Waals surface area contributed by atoms with E-state index >= 15 is 0 Å². The molecular weight excluding hydrogens is 511 g/mol. The van der Waals surface area contributed by atoms with Gasteiger partial charge in [-0.25, -0.2) is 0 Å². The predicted octanol–water partition coefficient (Wildman–Crippen LogP) is 11.4. The van der Waals surface area contributed by atoms with E-state index in [0.717, 1.165) is 6.54 Å². The van der Waals surface area contributed by atoms with Crippen molar-refractivity contribution in [3.8, 4) is 20.9 Å². The van der Waals surface area contributed by atoms with Crippen LogP contribution in [0.1, 0.15) is 19.8 Å². The van der Waals surface area contributed by atoms with E-state index in [-0.39, 0.29) is 0 Å². The molecule has 0 saturated carbocycles. The van der Waals surface area contributed by atoms with Crippen molar-refractivity contribution >= 4 is 66.8 Å². The lowest BCUT2D eigenvalue weighted by Crippen LogP contribution is -2.21. The first-order valence-corrected chi connectivity index (χ1v) is 15.4. The molecule has 188 valence electrons. The Bertz CT molecular complexity index is 1980. The minimum atomic E-state index is 1.05. The molecule has 0 fully saturated rings. The van der Waals surface area contributed by atoms with Gasteiger partial charge in [0.2, 0.25) is 0 Å². The van der Waals surface area contributed by atoms with E-state index in [9.17, 15) is 0 Å². The van der Waals surface area contributed by atoms with Gasteiger partial charge in [-0.05, 0) is 86.3 Å². The molecule has 1 aromatic heterocycles. The van der Waals surface area contributed by atoms with Crippen LogP contribution >= 0.6 is 23.1 Å². The molecule has 0 aliphatic carbocycles. The molecular formula is C36H27NS2. The van der Waals surface area contributed by atoms with Crippen molar-refractivity contribution in [2.75, 3.05) is 11.4 Å². The average molecular weight is 538 g/mol. The number of hydrogen-bond donors (Lipinski definition) is 0. The van der Waals surface area contributed by atoms with Crippen LogP contribution in [-0.4, -0.2) is 6.54 Å². The van der Waals surface area contributed by atoms with Gasteiger partial charge in [-0.15, -0.1) is 11.3 Å². The molecule has 7 aromatic rings. The summed E-state index contributed by atoms with van der Waals surface area (Å²) in [6.45, 7) is 3.32. The summed E-state index contributed by atoms with van der Waals surface area (Å²) in [6.07, 6.45) is 2.38. The highest BCUT2D eigenvalue weighted by atomic mass is 32.2. The maximum Gasteiger partial charge on any atom is 0.0553 e. The van der Waals surface area contributed by atoms with Crippen LogP contribution < -0.4 is 4.90 Å². The second-order valence-electron chi connectivity index (χ2n) is 10.4. The second kappa shape index (κ2) is 9.15. The molecule has 0 radical (unpaired) electrons. The molecule has 0 saturated heterocycles. The van der Waals surface area contributed by atoms with Gasteiger partial charge in [0.15, 0.2) is 0 Å². The Hall–Kier alpha value is -3.79. The second-order valence-corrected chi connectivity index (χ2v) is 12.6. The third-order valence-corrected chi connectivity index (χ3v) is 10.3. The third-order valence-electron chi connectivity index (χ3n) is 8.05. The Kier molecular flexibility index (Phi) is 5.43. The first-order chi connectivity index (χ1) is 19.3. The van der Waals surface area contributed by atoms with Crippen LogP contribution in [0.3, 0.4) is 0 Å². The van der Waals surface area contributed by atoms with Gasteiger partial charge in [0.1, 0.15) is 0 Å². The van der Waals surface area contributed by atoms with Crippen LogP contribution in [0.5, 0.6) is 0 Å². The first-order valence-electron chi connectivity index (χ1n) is 13.7. The Balaban J connectivity index is 1.21. The summed E-state index contributed by atoms with van der Waals surface area (Å²) >= 11 is 3.80. The summed E-state index contributed by atoms with van der Waals surface area (Å²) in [5.41, 5.74) is 5.29. The number of unbranched alkanes of at least 4 members (excludes halogenated alkanes) is 1. The summed E-state index contributed by atoms with van der Waals surface area (Å²) in [5, 5.41) is 8.05. The molecule has 1 nitrogen and oxygen atoms in total. The molecule has 8 rings (SSSR count). The van der Waals surface area contributed by atoms with Crippen molar-refractivity contribution < 1.29 is 0 Å². The maximum atomic E-state index is 2.51. The zero-order valence-electron chi connectivity index (χ0n) is 21.8. The number of para-hydroxylation sites is 1. The molecule has 0 amide bonds. The molecule has 1 aliphatic rings. The van der Waals surface area contributed by atoms with Gasteiger partial charge in [-0.1, -0.05) is 97.9 Å². The molecule has 0 N–H and O–H groups in total. The minimum Gasteiger partial charge on any atom is -0.340 e. The normalized spacial score (nSPS) is 12.9. The van der Waals surface area contributed by atoms with E-state index < -0.39 is 0 Å². The molecule has 1 aliphatic heterocycles. The fraction of sp³-hybridized carbons (Fsp3) is 0.111. The van der Waals surface area contributed by atoms with E-state index in [0.29, 0.717) is 0 Å². The first kappa shape index (κ1) is 23.1. The number of hydrogen-bond acceptors (Lipinski definition) is 3. The Morgan fingerprint density at radius 1 is 0.615 bits per heavy atom. The van der Waals surface area contributed by atoms with Gasteiger partial charge >= 0.3 is 0 Å². The van der Waals surface area contributed by atoms with Gasteiger partial charge in [-0.3, -0.25) is 0 Å². The van der Waals surface area contributed by atoms with Crippen LogP contribution in [0.25, 0.3) is 53.2 Å². The number of rotatable bonds is 5. The fourth-order valence-electron chi connectivity index (χ4n) is 6.13. The van der Waals surface area contributed by atoms with E-state index in [4.69, 9.17) is 0 Å². The number of benzene rings is 6. The van der Waals surface area contributed by atoms with Gasteiger partial charge < -0.3 is 4.90 Å². The van der Waals surface area contributed by atoms with Gasteiger partial charge in [0.05, 0.1) is 11.4 Å². The Morgan fingerprint density at radius 2 is 1.36 bits per heavy atom. The predicted molar refractivity (Wildman–Crippen MR) is 171 cm³/mol. The van der Waals surface area contributed by atoms with Crippen LogP contribution in [-0.2, 0) is 0 Å². The van der Waals surface area contributed by atoms with Crippen molar-refractivity contribution in [1.29, 1.82) is 0 Å². The van der Waals surface area contributed by atoms with E-state index in [1.807, 2.05) is 23.1 Å². The smallest absolute Gasteiger partial charge is 0.0553 e. The van der Waals surface area contributed by atoms with Crippen LogP contribution in [0.15, 0.2) is 119 Å². The molecule has 3 heteroatoms. The van der Waals surface area contributed by atoms with Gasteiger partial charge in [0.25, 0.3) is 0 Å². The molecule has 0 spiro atoms. The summed E-state index contributed by atoms with van der Waals surface area (Å²) in [5.74, 6) is 0. The number of thiophene rings is 1. The van der Waals surface area contributed by atoms with E-state index in [2.05, 4.69) is 121 Å². The zero-order valence-corrected chi connectivity index (χ0v) is 23.4. The summed E-state index contributed by atoms with van der Waals surface area (Å²) in [7, 11) is 0. The monoisotopic (exact) mass is 537 g/mol. The topological polar surface area (TPSA) is 3.24 Å². The average Bonchev–Trinajstić information content (AvgIpc) is 3.48. The number of anilines is 2. The highest BCUT2D eigenvalue weighted by Crippen LogP contribution is 2.50. The lowest BCUT2D eigenvalue weighted by Gasteiger charge is -2.33. The van der Waals surface area contributed by atoms with Crippen molar-refractivity contribution in [2.24, 2.45) is 0 Å². The highest BCUT2D eigenvalue weighted by Gasteiger charge is 2.23. The number of nitrogens with zero attached hydrogens (tertiary/aromatic N) is 1. The molecule has 0 atom stereocenters. The standard InChI is InChI=1S/C36H27NS2/c1-2-3-21-37-29-9-4-5-10-33(29)39-34-22-26(15-18-30(34)37)31-19-20-32(38-31)27-16-13-25-12-11-23-7-6-8-24-14-17-28(27)36(25)35(23)24/h4-20,22H,2-3,21H2,1H3. The summed E-state index contributed by atoms with van der Waals surface area (Å²) in [4.78, 5) is 7.85. The third kappa shape index (κ3) is 3.68.